The average molecular weight is 641 g/mol. The molecule has 51 heavy (non-hydrogen) atoms. The lowest BCUT2D eigenvalue weighted by Gasteiger charge is -2.28. The lowest BCUT2D eigenvalue weighted by Crippen LogP contribution is -2.50. The fourth-order valence-corrected chi connectivity index (χ4v) is 8.78. The van der Waals surface area contributed by atoms with E-state index in [-0.39, 0.29) is 0 Å². The van der Waals surface area contributed by atoms with Crippen LogP contribution in [0.3, 0.4) is 0 Å². The Labute approximate surface area is 306 Å². The quantitative estimate of drug-likeness (QED) is 0.163. The van der Waals surface area contributed by atoms with Gasteiger partial charge in [0.1, 0.15) is 73.9 Å². The van der Waals surface area contributed by atoms with Crippen LogP contribution in [0.5, 0.6) is 0 Å². The zero-order valence-electron chi connectivity index (χ0n) is 30.8. The van der Waals surface area contributed by atoms with Gasteiger partial charge in [-0.2, -0.15) is 0 Å². The molecule has 0 bridgehead atoms. The minimum atomic E-state index is 0.927. The van der Waals surface area contributed by atoms with Crippen molar-refractivity contribution in [2.45, 2.75) is 0 Å². The summed E-state index contributed by atoms with van der Waals surface area (Å²) < 4.78 is 6.31. The molecule has 0 aliphatic carbocycles. The third-order valence-electron chi connectivity index (χ3n) is 12.3. The Bertz CT molecular complexity index is 2860. The number of fused-ring (bicyclic) bond motifs is 6. The number of hydrogen-bond donors (Lipinski definition) is 0. The van der Waals surface area contributed by atoms with E-state index in [4.69, 9.17) is 4.42 Å². The Morgan fingerprint density at radius 3 is 1.37 bits per heavy atom. The van der Waals surface area contributed by atoms with E-state index in [1.807, 2.05) is 6.07 Å². The molecule has 0 saturated carbocycles. The first-order valence-corrected chi connectivity index (χ1v) is 18.1. The monoisotopic (exact) mass is 642 g/mol. The summed E-state index contributed by atoms with van der Waals surface area (Å²) in [4.78, 5) is 0. The maximum atomic E-state index is 6.31. The molecule has 1 heterocycles. The predicted octanol–water partition coefficient (Wildman–Crippen LogP) is -1.89. The van der Waals surface area contributed by atoms with Gasteiger partial charge in [0.15, 0.2) is 0 Å². The van der Waals surface area contributed by atoms with Gasteiger partial charge in [0.2, 0.25) is 0 Å². The predicted molar refractivity (Wildman–Crippen MR) is 248 cm³/mol. The van der Waals surface area contributed by atoms with E-state index >= 15 is 0 Å². The van der Waals surface area contributed by atoms with E-state index in [1.165, 1.54) is 109 Å². The van der Waals surface area contributed by atoms with Crippen LogP contribution in [0, 0.1) is 0 Å². The molecule has 0 N–H and O–H groups in total. The highest BCUT2D eigenvalue weighted by atomic mass is 16.3. The van der Waals surface area contributed by atoms with Crippen molar-refractivity contribution in [3.05, 3.63) is 109 Å². The lowest BCUT2D eigenvalue weighted by atomic mass is 9.59. The van der Waals surface area contributed by atoms with Crippen LogP contribution in [0.2, 0.25) is 0 Å². The first-order chi connectivity index (χ1) is 24.6. The summed E-state index contributed by atoms with van der Waals surface area (Å²) >= 11 is 0. The summed E-state index contributed by atoms with van der Waals surface area (Å²) in [5.74, 6) is 0. The normalized spacial score (nSPS) is 11.8. The van der Waals surface area contributed by atoms with Crippen LogP contribution in [0.15, 0.2) is 114 Å². The van der Waals surface area contributed by atoms with Crippen molar-refractivity contribution >= 4 is 161 Å². The van der Waals surface area contributed by atoms with Crippen molar-refractivity contribution < 1.29 is 4.42 Å². The SMILES string of the molecule is Bc1c(B)c(B)c2c(-c3ccc4oc5ccccc5c4c3)c3c(B)c(B)c(B)c(B)c3c(-c3ccc(-c4ccc5ccccc5c4)cc3)c2c1B. The Balaban J connectivity index is 1.41. The number of rotatable bonds is 3. The van der Waals surface area contributed by atoms with Crippen LogP contribution in [0.1, 0.15) is 0 Å². The van der Waals surface area contributed by atoms with E-state index in [0.29, 0.717) is 0 Å². The van der Waals surface area contributed by atoms with Crippen molar-refractivity contribution in [2.75, 3.05) is 0 Å². The molecule has 0 unspecified atom stereocenters. The summed E-state index contributed by atoms with van der Waals surface area (Å²) in [6.07, 6.45) is 0. The second-order valence-electron chi connectivity index (χ2n) is 14.7. The van der Waals surface area contributed by atoms with E-state index in [1.54, 1.807) is 0 Å². The molecule has 9 aromatic rings. The zero-order chi connectivity index (χ0) is 35.3. The van der Waals surface area contributed by atoms with Crippen molar-refractivity contribution in [3.63, 3.8) is 0 Å². The van der Waals surface area contributed by atoms with Crippen LogP contribution >= 0.6 is 0 Å². The largest absolute Gasteiger partial charge is 0.456 e. The lowest BCUT2D eigenvalue weighted by molar-refractivity contribution is 0.669. The van der Waals surface area contributed by atoms with Gasteiger partial charge in [-0.1, -0.05) is 107 Å². The van der Waals surface area contributed by atoms with Gasteiger partial charge in [-0.05, 0) is 90.0 Å². The zero-order valence-corrected chi connectivity index (χ0v) is 30.8. The van der Waals surface area contributed by atoms with E-state index in [2.05, 4.69) is 166 Å². The number of furan rings is 1. The van der Waals surface area contributed by atoms with E-state index in [0.717, 1.165) is 21.9 Å². The smallest absolute Gasteiger partial charge is 0.139 e. The third kappa shape index (κ3) is 4.67. The highest BCUT2D eigenvalue weighted by Gasteiger charge is 2.25. The summed E-state index contributed by atoms with van der Waals surface area (Å²) in [5, 5.41) is 10.3. The second kappa shape index (κ2) is 11.7. The molecule has 0 atom stereocenters. The molecule has 0 saturated heterocycles. The molecule has 0 fully saturated rings. The maximum Gasteiger partial charge on any atom is 0.139 e. The minimum Gasteiger partial charge on any atom is -0.456 e. The summed E-state index contributed by atoms with van der Waals surface area (Å²) in [6, 6.07) is 40.0. The molecule has 0 aliphatic rings. The standard InChI is InChI=1S/C42H34B8O/c43-35-31-29(21-12-9-20(10-13-21)23-14-11-19-5-1-2-6-22(19)17-23)32-34(38(46)42(50)40(48)36(32)44)30(33(31)37(45)41(49)39(35)47)24-15-16-28-26(18-24)25-7-3-4-8-27(25)51-28/h1-18H,43-50H2. The topological polar surface area (TPSA) is 13.1 Å². The van der Waals surface area contributed by atoms with Crippen LogP contribution in [0.25, 0.3) is 87.6 Å². The molecule has 0 radical (unpaired) electrons. The summed E-state index contributed by atoms with van der Waals surface area (Å²) in [7, 11) is 18.5. The van der Waals surface area contributed by atoms with Gasteiger partial charge in [0.05, 0.1) is 0 Å². The van der Waals surface area contributed by atoms with Crippen molar-refractivity contribution in [2.24, 2.45) is 0 Å². The van der Waals surface area contributed by atoms with Crippen molar-refractivity contribution in [1.29, 1.82) is 0 Å². The Kier molecular flexibility index (Phi) is 7.30. The number of benzene rings is 8. The second-order valence-corrected chi connectivity index (χ2v) is 14.7. The number of hydrogen-bond acceptors (Lipinski definition) is 1. The minimum absolute atomic E-state index is 0.927. The molecule has 0 amide bonds. The van der Waals surface area contributed by atoms with Gasteiger partial charge in [-0.3, -0.25) is 0 Å². The Morgan fingerprint density at radius 2 is 0.765 bits per heavy atom. The highest BCUT2D eigenvalue weighted by molar-refractivity contribution is 6.71. The Morgan fingerprint density at radius 1 is 0.314 bits per heavy atom. The fourth-order valence-electron chi connectivity index (χ4n) is 8.78. The first kappa shape index (κ1) is 31.8. The molecule has 9 rings (SSSR count). The van der Waals surface area contributed by atoms with Gasteiger partial charge in [0.25, 0.3) is 0 Å². The average Bonchev–Trinajstić information content (AvgIpc) is 3.54. The van der Waals surface area contributed by atoms with Crippen molar-refractivity contribution in [3.8, 4) is 33.4 Å². The molecule has 1 aromatic heterocycles. The highest BCUT2D eigenvalue weighted by Crippen LogP contribution is 2.42. The van der Waals surface area contributed by atoms with E-state index < -0.39 is 0 Å². The van der Waals surface area contributed by atoms with Gasteiger partial charge in [-0.15, -0.1) is 21.9 Å². The van der Waals surface area contributed by atoms with Gasteiger partial charge in [-0.25, -0.2) is 0 Å². The van der Waals surface area contributed by atoms with Gasteiger partial charge in [0, 0.05) is 10.8 Å². The summed E-state index contributed by atoms with van der Waals surface area (Å²) in [6.45, 7) is 0. The van der Waals surface area contributed by atoms with Crippen LogP contribution < -0.4 is 43.7 Å². The third-order valence-corrected chi connectivity index (χ3v) is 12.3. The molecule has 9 heteroatoms. The number of para-hydroxylation sites is 1. The summed E-state index contributed by atoms with van der Waals surface area (Å²) in [5.41, 5.74) is 20.4. The van der Waals surface area contributed by atoms with Gasteiger partial charge < -0.3 is 4.42 Å². The molecule has 0 aliphatic heterocycles. The first-order valence-electron chi connectivity index (χ1n) is 18.1. The Hall–Kier alpha value is -5.14. The molecule has 232 valence electrons. The van der Waals surface area contributed by atoms with Crippen LogP contribution in [-0.4, -0.2) is 62.8 Å². The van der Waals surface area contributed by atoms with Gasteiger partial charge >= 0.3 is 0 Å². The van der Waals surface area contributed by atoms with Crippen LogP contribution in [-0.2, 0) is 0 Å². The molecule has 0 spiro atoms. The van der Waals surface area contributed by atoms with E-state index in [9.17, 15) is 0 Å². The van der Waals surface area contributed by atoms with Crippen molar-refractivity contribution in [1.82, 2.24) is 0 Å². The molecular formula is C42H34B8O. The molecular weight excluding hydrogens is 607 g/mol. The molecule has 1 nitrogen and oxygen atoms in total. The fraction of sp³-hybridized carbons (Fsp3) is 0. The van der Waals surface area contributed by atoms with Crippen LogP contribution in [0.4, 0.5) is 0 Å². The molecule has 8 aromatic carbocycles. The maximum absolute atomic E-state index is 6.31.